The van der Waals surface area contributed by atoms with Crippen molar-refractivity contribution < 1.29 is 14.3 Å². The van der Waals surface area contributed by atoms with Crippen LogP contribution in [-0.2, 0) is 4.79 Å². The van der Waals surface area contributed by atoms with Crippen LogP contribution in [0.2, 0.25) is 0 Å². The van der Waals surface area contributed by atoms with Crippen molar-refractivity contribution in [3.05, 3.63) is 23.3 Å². The van der Waals surface area contributed by atoms with Crippen molar-refractivity contribution in [3.8, 4) is 11.5 Å². The first-order valence-electron chi connectivity index (χ1n) is 5.43. The van der Waals surface area contributed by atoms with Gasteiger partial charge in [0.05, 0.1) is 14.2 Å². The fourth-order valence-corrected chi connectivity index (χ4v) is 1.78. The predicted molar refractivity (Wildman–Crippen MR) is 68.2 cm³/mol. The summed E-state index contributed by atoms with van der Waals surface area (Å²) in [6.07, 6.45) is 0. The van der Waals surface area contributed by atoms with Gasteiger partial charge in [-0.05, 0) is 19.1 Å². The number of amides is 1. The molecule has 0 aliphatic rings. The van der Waals surface area contributed by atoms with Crippen LogP contribution in [0, 0.1) is 6.92 Å². The van der Waals surface area contributed by atoms with Crippen LogP contribution >= 0.6 is 0 Å². The number of rotatable bonds is 4. The quantitative estimate of drug-likeness (QED) is 0.459. The Balaban J connectivity index is 3.25. The van der Waals surface area contributed by atoms with Gasteiger partial charge in [0, 0.05) is 18.2 Å². The van der Waals surface area contributed by atoms with Gasteiger partial charge in [-0.2, -0.15) is 0 Å². The van der Waals surface area contributed by atoms with Gasteiger partial charge in [-0.15, -0.1) is 0 Å². The molecule has 0 spiro atoms. The van der Waals surface area contributed by atoms with E-state index in [4.69, 9.17) is 21.1 Å². The lowest BCUT2D eigenvalue weighted by Gasteiger charge is -2.20. The third-order valence-corrected chi connectivity index (χ3v) is 2.76. The Morgan fingerprint density at radius 2 is 1.94 bits per heavy atom. The molecule has 18 heavy (non-hydrogen) atoms. The Morgan fingerprint density at radius 3 is 2.39 bits per heavy atom. The first-order chi connectivity index (χ1) is 8.43. The maximum absolute atomic E-state index is 11.8. The number of hydrogen-bond donors (Lipinski definition) is 2. The van der Waals surface area contributed by atoms with Crippen molar-refractivity contribution in [3.63, 3.8) is 0 Å². The molecule has 0 bridgehead atoms. The lowest BCUT2D eigenvalue weighted by atomic mass is 10.0. The average molecular weight is 253 g/mol. The second-order valence-corrected chi connectivity index (χ2v) is 3.94. The first-order valence-corrected chi connectivity index (χ1v) is 5.43. The van der Waals surface area contributed by atoms with Gasteiger partial charge in [0.2, 0.25) is 0 Å². The normalized spacial score (nSPS) is 11.9. The molecule has 4 N–H and O–H groups in total. The average Bonchev–Trinajstić information content (AvgIpc) is 2.36. The maximum atomic E-state index is 11.8. The molecule has 0 heterocycles. The summed E-state index contributed by atoms with van der Waals surface area (Å²) >= 11 is 0. The van der Waals surface area contributed by atoms with Gasteiger partial charge in [0.15, 0.2) is 0 Å². The van der Waals surface area contributed by atoms with Gasteiger partial charge in [-0.1, -0.05) is 0 Å². The summed E-state index contributed by atoms with van der Waals surface area (Å²) < 4.78 is 10.5. The molecule has 0 aliphatic carbocycles. The lowest BCUT2D eigenvalue weighted by Crippen LogP contribution is -2.40. The topological polar surface area (TPSA) is 90.8 Å². The smallest absolute Gasteiger partial charge is 0.257 e. The van der Waals surface area contributed by atoms with Gasteiger partial charge >= 0.3 is 0 Å². The van der Waals surface area contributed by atoms with Crippen LogP contribution in [-0.4, -0.2) is 32.2 Å². The highest BCUT2D eigenvalue weighted by atomic mass is 16.5. The van der Waals surface area contributed by atoms with Crippen LogP contribution in [0.25, 0.3) is 0 Å². The standard InChI is InChI=1S/C12H19N3O3/c1-7-9(17-3)6-5-8(11(7)18-4)10(13)12(16)15(2)14/h5-6,10H,13-14H2,1-4H3. The van der Waals surface area contributed by atoms with E-state index in [0.29, 0.717) is 17.1 Å². The molecule has 100 valence electrons. The van der Waals surface area contributed by atoms with Gasteiger partial charge in [-0.3, -0.25) is 9.80 Å². The van der Waals surface area contributed by atoms with Crippen molar-refractivity contribution in [1.82, 2.24) is 5.01 Å². The van der Waals surface area contributed by atoms with Gasteiger partial charge < -0.3 is 15.2 Å². The third-order valence-electron chi connectivity index (χ3n) is 2.76. The summed E-state index contributed by atoms with van der Waals surface area (Å²) in [4.78, 5) is 11.8. The van der Waals surface area contributed by atoms with E-state index in [9.17, 15) is 4.79 Å². The molecule has 1 aromatic rings. The molecule has 1 unspecified atom stereocenters. The minimum absolute atomic E-state index is 0.391. The molecule has 0 saturated carbocycles. The molecule has 6 heteroatoms. The molecule has 1 aromatic carbocycles. The van der Waals surface area contributed by atoms with E-state index >= 15 is 0 Å². The number of nitrogens with zero attached hydrogens (tertiary/aromatic N) is 1. The van der Waals surface area contributed by atoms with Crippen LogP contribution in [0.3, 0.4) is 0 Å². The zero-order valence-electron chi connectivity index (χ0n) is 11.1. The maximum Gasteiger partial charge on any atom is 0.257 e. The lowest BCUT2D eigenvalue weighted by molar-refractivity contribution is -0.131. The summed E-state index contributed by atoms with van der Waals surface area (Å²) in [6, 6.07) is 2.59. The summed E-state index contributed by atoms with van der Waals surface area (Å²) in [6.45, 7) is 1.84. The highest BCUT2D eigenvalue weighted by Crippen LogP contribution is 2.34. The number of hydrogen-bond acceptors (Lipinski definition) is 5. The van der Waals surface area contributed by atoms with Crippen molar-refractivity contribution in [2.24, 2.45) is 11.6 Å². The Morgan fingerprint density at radius 1 is 1.33 bits per heavy atom. The minimum Gasteiger partial charge on any atom is -0.496 e. The second-order valence-electron chi connectivity index (χ2n) is 3.94. The molecule has 0 fully saturated rings. The van der Waals surface area contributed by atoms with Crippen molar-refractivity contribution in [1.29, 1.82) is 0 Å². The molecule has 0 aromatic heterocycles. The number of carbonyl (C=O) groups excluding carboxylic acids is 1. The zero-order valence-corrected chi connectivity index (χ0v) is 11.1. The number of nitrogens with two attached hydrogens (primary N) is 2. The Hall–Kier alpha value is -1.79. The number of benzene rings is 1. The number of likely N-dealkylation sites (N-methyl/N-ethyl adjacent to an activating group) is 1. The van der Waals surface area contributed by atoms with Crippen LogP contribution in [0.4, 0.5) is 0 Å². The van der Waals surface area contributed by atoms with Gasteiger partial charge in [0.1, 0.15) is 17.5 Å². The summed E-state index contributed by atoms with van der Waals surface area (Å²) in [7, 11) is 4.54. The van der Waals surface area contributed by atoms with E-state index < -0.39 is 11.9 Å². The molecular formula is C12H19N3O3. The summed E-state index contributed by atoms with van der Waals surface area (Å²) in [5.74, 6) is 6.22. The largest absolute Gasteiger partial charge is 0.496 e. The summed E-state index contributed by atoms with van der Waals surface area (Å²) in [5, 5.41) is 0.962. The Kier molecular flexibility index (Phi) is 4.52. The van der Waals surface area contributed by atoms with Crippen molar-refractivity contribution in [2.45, 2.75) is 13.0 Å². The van der Waals surface area contributed by atoms with E-state index in [1.165, 1.54) is 14.2 Å². The zero-order chi connectivity index (χ0) is 13.9. The number of carbonyl (C=O) groups is 1. The van der Waals surface area contributed by atoms with E-state index in [0.717, 1.165) is 10.6 Å². The SMILES string of the molecule is COc1ccc(C(N)C(=O)N(C)N)c(OC)c1C. The van der Waals surface area contributed by atoms with Crippen LogP contribution < -0.4 is 21.1 Å². The molecule has 0 aliphatic heterocycles. The van der Waals surface area contributed by atoms with E-state index in [1.54, 1.807) is 19.2 Å². The molecule has 6 nitrogen and oxygen atoms in total. The Bertz CT molecular complexity index is 446. The molecule has 0 saturated heterocycles. The molecule has 1 amide bonds. The number of ether oxygens (including phenoxy) is 2. The fourth-order valence-electron chi connectivity index (χ4n) is 1.78. The van der Waals surface area contributed by atoms with Gasteiger partial charge in [-0.25, -0.2) is 5.84 Å². The molecule has 0 radical (unpaired) electrons. The molecular weight excluding hydrogens is 234 g/mol. The van der Waals surface area contributed by atoms with E-state index in [2.05, 4.69) is 0 Å². The van der Waals surface area contributed by atoms with Crippen molar-refractivity contribution >= 4 is 5.91 Å². The molecule has 1 rings (SSSR count). The van der Waals surface area contributed by atoms with Crippen LogP contribution in [0.5, 0.6) is 11.5 Å². The van der Waals surface area contributed by atoms with Crippen LogP contribution in [0.1, 0.15) is 17.2 Å². The van der Waals surface area contributed by atoms with Gasteiger partial charge in [0.25, 0.3) is 5.91 Å². The van der Waals surface area contributed by atoms with Crippen molar-refractivity contribution in [2.75, 3.05) is 21.3 Å². The minimum atomic E-state index is -0.862. The number of methoxy groups -OCH3 is 2. The fraction of sp³-hybridized carbons (Fsp3) is 0.417. The first kappa shape index (κ1) is 14.3. The van der Waals surface area contributed by atoms with E-state index in [1.807, 2.05) is 6.92 Å². The highest BCUT2D eigenvalue weighted by Gasteiger charge is 2.23. The second kappa shape index (κ2) is 5.70. The van der Waals surface area contributed by atoms with E-state index in [-0.39, 0.29) is 0 Å². The molecule has 1 atom stereocenters. The third kappa shape index (κ3) is 2.55. The number of hydrazine groups is 1. The highest BCUT2D eigenvalue weighted by molar-refractivity contribution is 5.83. The monoisotopic (exact) mass is 253 g/mol. The summed E-state index contributed by atoms with van der Waals surface area (Å²) in [5.41, 5.74) is 7.26. The Labute approximate surface area is 106 Å². The van der Waals surface area contributed by atoms with Crippen LogP contribution in [0.15, 0.2) is 12.1 Å². The predicted octanol–water partition coefficient (Wildman–Crippen LogP) is 0.344.